The standard InChI is InChI=1S/C8H11BrN2O/c1-2-3-11-5-6(10)4-7(9)8(11)12/h4-5H,2-3,10H2,1H3. The first-order chi connectivity index (χ1) is 5.65. The van der Waals surface area contributed by atoms with Gasteiger partial charge in [0.2, 0.25) is 0 Å². The minimum absolute atomic E-state index is 0.0222. The number of aryl methyl sites for hydroxylation is 1. The summed E-state index contributed by atoms with van der Waals surface area (Å²) in [6, 6.07) is 1.62. The van der Waals surface area contributed by atoms with E-state index in [9.17, 15) is 4.79 Å². The highest BCUT2D eigenvalue weighted by Gasteiger charge is 2.00. The molecule has 0 saturated heterocycles. The zero-order valence-corrected chi connectivity index (χ0v) is 8.47. The van der Waals surface area contributed by atoms with E-state index in [1.54, 1.807) is 16.8 Å². The molecule has 0 atom stereocenters. The van der Waals surface area contributed by atoms with Crippen molar-refractivity contribution >= 4 is 21.6 Å². The van der Waals surface area contributed by atoms with Gasteiger partial charge in [-0.15, -0.1) is 0 Å². The van der Waals surface area contributed by atoms with Crippen LogP contribution in [0.25, 0.3) is 0 Å². The predicted molar refractivity (Wildman–Crippen MR) is 53.1 cm³/mol. The quantitative estimate of drug-likeness (QED) is 0.840. The average molecular weight is 231 g/mol. The first-order valence-corrected chi connectivity index (χ1v) is 4.60. The monoisotopic (exact) mass is 230 g/mol. The van der Waals surface area contributed by atoms with Crippen LogP contribution in [-0.2, 0) is 6.54 Å². The smallest absolute Gasteiger partial charge is 0.264 e. The third-order valence-electron chi connectivity index (χ3n) is 1.53. The molecule has 1 heterocycles. The van der Waals surface area contributed by atoms with Crippen molar-refractivity contribution in [3.05, 3.63) is 27.1 Å². The van der Waals surface area contributed by atoms with E-state index >= 15 is 0 Å². The molecule has 3 nitrogen and oxygen atoms in total. The van der Waals surface area contributed by atoms with Gasteiger partial charge in [-0.05, 0) is 28.4 Å². The minimum atomic E-state index is -0.0222. The number of nitrogens with zero attached hydrogens (tertiary/aromatic N) is 1. The van der Waals surface area contributed by atoms with Crippen molar-refractivity contribution in [3.8, 4) is 0 Å². The molecule has 1 aromatic rings. The second kappa shape index (κ2) is 3.76. The Bertz CT molecular complexity index is 332. The van der Waals surface area contributed by atoms with E-state index in [1.165, 1.54) is 0 Å². The van der Waals surface area contributed by atoms with E-state index in [0.717, 1.165) is 6.42 Å². The van der Waals surface area contributed by atoms with Crippen molar-refractivity contribution in [2.24, 2.45) is 0 Å². The molecule has 4 heteroatoms. The number of hydrogen-bond donors (Lipinski definition) is 1. The summed E-state index contributed by atoms with van der Waals surface area (Å²) >= 11 is 3.15. The molecule has 0 bridgehead atoms. The molecule has 0 aromatic carbocycles. The molecule has 0 aliphatic rings. The molecule has 0 radical (unpaired) electrons. The summed E-state index contributed by atoms with van der Waals surface area (Å²) in [4.78, 5) is 11.4. The van der Waals surface area contributed by atoms with Gasteiger partial charge in [-0.2, -0.15) is 0 Å². The summed E-state index contributed by atoms with van der Waals surface area (Å²) in [6.45, 7) is 2.73. The van der Waals surface area contributed by atoms with Gasteiger partial charge in [0.15, 0.2) is 0 Å². The van der Waals surface area contributed by atoms with E-state index < -0.39 is 0 Å². The van der Waals surface area contributed by atoms with Crippen LogP contribution in [-0.4, -0.2) is 4.57 Å². The summed E-state index contributed by atoms with van der Waals surface area (Å²) in [5, 5.41) is 0. The number of aromatic nitrogens is 1. The lowest BCUT2D eigenvalue weighted by molar-refractivity contribution is 0.653. The van der Waals surface area contributed by atoms with Crippen LogP contribution in [0.3, 0.4) is 0 Å². The molecule has 1 rings (SSSR count). The Morgan fingerprint density at radius 2 is 2.33 bits per heavy atom. The largest absolute Gasteiger partial charge is 0.398 e. The van der Waals surface area contributed by atoms with Crippen molar-refractivity contribution in [1.82, 2.24) is 4.57 Å². The molecule has 0 amide bonds. The van der Waals surface area contributed by atoms with Crippen LogP contribution in [0, 0.1) is 0 Å². The zero-order chi connectivity index (χ0) is 9.14. The number of pyridine rings is 1. The number of hydrogen-bond acceptors (Lipinski definition) is 2. The Morgan fingerprint density at radius 1 is 1.67 bits per heavy atom. The van der Waals surface area contributed by atoms with Crippen LogP contribution in [0.1, 0.15) is 13.3 Å². The van der Waals surface area contributed by atoms with Crippen molar-refractivity contribution in [2.45, 2.75) is 19.9 Å². The van der Waals surface area contributed by atoms with Crippen LogP contribution in [0.5, 0.6) is 0 Å². The maximum absolute atomic E-state index is 11.4. The lowest BCUT2D eigenvalue weighted by atomic mass is 10.4. The highest BCUT2D eigenvalue weighted by Crippen LogP contribution is 2.08. The predicted octanol–water partition coefficient (Wildman–Crippen LogP) is 1.60. The van der Waals surface area contributed by atoms with Crippen molar-refractivity contribution < 1.29 is 0 Å². The second-order valence-corrected chi connectivity index (χ2v) is 3.47. The van der Waals surface area contributed by atoms with Gasteiger partial charge < -0.3 is 10.3 Å². The number of anilines is 1. The fourth-order valence-corrected chi connectivity index (χ4v) is 1.52. The van der Waals surface area contributed by atoms with Crippen molar-refractivity contribution in [3.63, 3.8) is 0 Å². The van der Waals surface area contributed by atoms with Gasteiger partial charge in [0.1, 0.15) is 0 Å². The molecular formula is C8H11BrN2O. The average Bonchev–Trinajstić information content (AvgIpc) is 2.00. The van der Waals surface area contributed by atoms with Gasteiger partial charge in [0.05, 0.1) is 4.47 Å². The molecule has 66 valence electrons. The van der Waals surface area contributed by atoms with Gasteiger partial charge in [-0.25, -0.2) is 0 Å². The van der Waals surface area contributed by atoms with Crippen LogP contribution in [0.15, 0.2) is 21.5 Å². The Balaban J connectivity index is 3.19. The fraction of sp³-hybridized carbons (Fsp3) is 0.375. The van der Waals surface area contributed by atoms with Gasteiger partial charge in [0, 0.05) is 18.4 Å². The summed E-state index contributed by atoms with van der Waals surface area (Å²) in [7, 11) is 0. The maximum atomic E-state index is 11.4. The van der Waals surface area contributed by atoms with E-state index in [4.69, 9.17) is 5.73 Å². The SMILES string of the molecule is CCCn1cc(N)cc(Br)c1=O. The van der Waals surface area contributed by atoms with Crippen molar-refractivity contribution in [1.29, 1.82) is 0 Å². The first kappa shape index (κ1) is 9.32. The van der Waals surface area contributed by atoms with Gasteiger partial charge >= 0.3 is 0 Å². The molecule has 0 aliphatic heterocycles. The van der Waals surface area contributed by atoms with E-state index in [-0.39, 0.29) is 5.56 Å². The van der Waals surface area contributed by atoms with E-state index in [2.05, 4.69) is 15.9 Å². The summed E-state index contributed by atoms with van der Waals surface area (Å²) in [5.41, 5.74) is 6.15. The van der Waals surface area contributed by atoms with Crippen LogP contribution in [0.2, 0.25) is 0 Å². The maximum Gasteiger partial charge on any atom is 0.264 e. The van der Waals surface area contributed by atoms with Gasteiger partial charge in [-0.1, -0.05) is 6.92 Å². The molecular weight excluding hydrogens is 220 g/mol. The number of nitrogen functional groups attached to an aromatic ring is 1. The molecule has 2 N–H and O–H groups in total. The lowest BCUT2D eigenvalue weighted by Gasteiger charge is -2.04. The van der Waals surface area contributed by atoms with Crippen molar-refractivity contribution in [2.75, 3.05) is 5.73 Å². The second-order valence-electron chi connectivity index (χ2n) is 2.62. The Morgan fingerprint density at radius 3 is 2.92 bits per heavy atom. The van der Waals surface area contributed by atoms with Crippen LogP contribution < -0.4 is 11.3 Å². The zero-order valence-electron chi connectivity index (χ0n) is 6.88. The minimum Gasteiger partial charge on any atom is -0.398 e. The third kappa shape index (κ3) is 1.88. The molecule has 1 aromatic heterocycles. The molecule has 0 unspecified atom stereocenters. The normalized spacial score (nSPS) is 10.2. The van der Waals surface area contributed by atoms with Gasteiger partial charge in [-0.3, -0.25) is 4.79 Å². The molecule has 0 spiro atoms. The van der Waals surface area contributed by atoms with Gasteiger partial charge in [0.25, 0.3) is 5.56 Å². The molecule has 0 fully saturated rings. The Hall–Kier alpha value is -0.770. The Kier molecular flexibility index (Phi) is 2.92. The summed E-state index contributed by atoms with van der Waals surface area (Å²) in [5.74, 6) is 0. The number of rotatable bonds is 2. The summed E-state index contributed by atoms with van der Waals surface area (Å²) in [6.07, 6.45) is 2.59. The number of halogens is 1. The fourth-order valence-electron chi connectivity index (χ4n) is 1.03. The van der Waals surface area contributed by atoms with Crippen LogP contribution in [0.4, 0.5) is 5.69 Å². The van der Waals surface area contributed by atoms with E-state index in [1.807, 2.05) is 6.92 Å². The molecule has 0 saturated carbocycles. The van der Waals surface area contributed by atoms with Crippen LogP contribution >= 0.6 is 15.9 Å². The first-order valence-electron chi connectivity index (χ1n) is 3.80. The highest BCUT2D eigenvalue weighted by atomic mass is 79.9. The molecule has 12 heavy (non-hydrogen) atoms. The lowest BCUT2D eigenvalue weighted by Crippen LogP contribution is -2.20. The third-order valence-corrected chi connectivity index (χ3v) is 2.10. The van der Waals surface area contributed by atoms with E-state index in [0.29, 0.717) is 16.7 Å². The topological polar surface area (TPSA) is 48.0 Å². The highest BCUT2D eigenvalue weighted by molar-refractivity contribution is 9.10. The summed E-state index contributed by atoms with van der Waals surface area (Å²) < 4.78 is 2.13. The Labute approximate surface area is 79.3 Å². The number of nitrogens with two attached hydrogens (primary N) is 1. The molecule has 0 aliphatic carbocycles.